The van der Waals surface area contributed by atoms with Crippen molar-refractivity contribution in [1.29, 1.82) is 0 Å². The Morgan fingerprint density at radius 1 is 1.29 bits per heavy atom. The molecule has 0 radical (unpaired) electrons. The molecule has 1 aliphatic heterocycles. The molecule has 2 atom stereocenters. The molecule has 1 N–H and O–H groups in total. The number of piperidine rings is 1. The zero-order chi connectivity index (χ0) is 14.1. The van der Waals surface area contributed by atoms with E-state index in [2.05, 4.69) is 17.2 Å². The topological polar surface area (TPSA) is 29.9 Å². The van der Waals surface area contributed by atoms with Crippen molar-refractivity contribution < 1.29 is 8.78 Å². The van der Waals surface area contributed by atoms with E-state index in [4.69, 9.17) is 0 Å². The van der Waals surface area contributed by atoms with Crippen molar-refractivity contribution in [2.45, 2.75) is 31.8 Å². The van der Waals surface area contributed by atoms with E-state index in [0.717, 1.165) is 19.4 Å². The maximum atomic E-state index is 13.9. The largest absolute Gasteiger partial charge is 0.328 e. The Bertz CT molecular complexity index is 594. The maximum Gasteiger partial charge on any atom is 0.146 e. The van der Waals surface area contributed by atoms with Gasteiger partial charge in [0.1, 0.15) is 17.5 Å². The molecule has 2 aromatic rings. The van der Waals surface area contributed by atoms with Gasteiger partial charge in [-0.15, -0.1) is 12.4 Å². The van der Waals surface area contributed by atoms with Gasteiger partial charge in [0, 0.05) is 24.5 Å². The highest BCUT2D eigenvalue weighted by Gasteiger charge is 2.24. The van der Waals surface area contributed by atoms with Crippen molar-refractivity contribution in [2.24, 2.45) is 0 Å². The number of hydrogen-bond donors (Lipinski definition) is 1. The molecule has 0 spiro atoms. The van der Waals surface area contributed by atoms with E-state index >= 15 is 0 Å². The Labute approximate surface area is 128 Å². The summed E-state index contributed by atoms with van der Waals surface area (Å²) in [5, 5.41) is 3.37. The van der Waals surface area contributed by atoms with Gasteiger partial charge in [0.2, 0.25) is 0 Å². The number of halogens is 3. The second kappa shape index (κ2) is 6.54. The maximum absolute atomic E-state index is 13.9. The predicted octanol–water partition coefficient (Wildman–Crippen LogP) is 3.56. The fourth-order valence-electron chi connectivity index (χ4n) is 2.87. The molecule has 114 valence electrons. The summed E-state index contributed by atoms with van der Waals surface area (Å²) in [5.74, 6) is -0.765. The highest BCUT2D eigenvalue weighted by Crippen LogP contribution is 2.30. The van der Waals surface area contributed by atoms with Crippen molar-refractivity contribution >= 4 is 12.4 Å². The predicted molar refractivity (Wildman–Crippen MR) is 80.6 cm³/mol. The van der Waals surface area contributed by atoms with Crippen LogP contribution in [0.3, 0.4) is 0 Å². The molecular formula is C15H18ClF2N3. The van der Waals surface area contributed by atoms with Gasteiger partial charge in [-0.3, -0.25) is 0 Å². The van der Waals surface area contributed by atoms with E-state index in [1.807, 2.05) is 10.8 Å². The highest BCUT2D eigenvalue weighted by atomic mass is 35.5. The molecule has 0 amide bonds. The molecule has 1 aromatic carbocycles. The average Bonchev–Trinajstić information content (AvgIpc) is 2.87. The highest BCUT2D eigenvalue weighted by molar-refractivity contribution is 5.85. The van der Waals surface area contributed by atoms with Gasteiger partial charge in [0.25, 0.3) is 0 Å². The van der Waals surface area contributed by atoms with Crippen LogP contribution in [-0.4, -0.2) is 22.1 Å². The number of nitrogens with one attached hydrogen (secondary N) is 1. The Morgan fingerprint density at radius 3 is 2.67 bits per heavy atom. The first kappa shape index (κ1) is 15.9. The first-order valence-corrected chi connectivity index (χ1v) is 6.87. The quantitative estimate of drug-likeness (QED) is 0.918. The van der Waals surface area contributed by atoms with Crippen LogP contribution in [-0.2, 0) is 0 Å². The van der Waals surface area contributed by atoms with E-state index in [9.17, 15) is 8.78 Å². The number of hydrogen-bond acceptors (Lipinski definition) is 2. The van der Waals surface area contributed by atoms with Crippen LogP contribution in [0.1, 0.15) is 25.8 Å². The van der Waals surface area contributed by atoms with Gasteiger partial charge < -0.3 is 9.88 Å². The fraction of sp³-hybridized carbons (Fsp3) is 0.400. The lowest BCUT2D eigenvalue weighted by Gasteiger charge is -2.30. The molecule has 6 heteroatoms. The van der Waals surface area contributed by atoms with Crippen molar-refractivity contribution in [1.82, 2.24) is 14.9 Å². The van der Waals surface area contributed by atoms with Gasteiger partial charge >= 0.3 is 0 Å². The van der Waals surface area contributed by atoms with Crippen LogP contribution in [0.15, 0.2) is 30.6 Å². The summed E-state index contributed by atoms with van der Waals surface area (Å²) >= 11 is 0. The van der Waals surface area contributed by atoms with E-state index < -0.39 is 11.6 Å². The number of rotatable bonds is 2. The van der Waals surface area contributed by atoms with Crippen LogP contribution in [0.25, 0.3) is 11.4 Å². The van der Waals surface area contributed by atoms with Crippen LogP contribution >= 0.6 is 12.4 Å². The van der Waals surface area contributed by atoms with Gasteiger partial charge in [-0.25, -0.2) is 13.8 Å². The number of benzene rings is 1. The normalized spacial score (nSPS) is 21.9. The third-order valence-corrected chi connectivity index (χ3v) is 3.84. The minimum Gasteiger partial charge on any atom is -0.328 e. The molecule has 0 saturated carbocycles. The average molecular weight is 314 g/mol. The van der Waals surface area contributed by atoms with E-state index in [-0.39, 0.29) is 24.0 Å². The number of imidazole rings is 1. The second-order valence-corrected chi connectivity index (χ2v) is 5.29. The molecular weight excluding hydrogens is 296 g/mol. The molecule has 3 nitrogen and oxygen atoms in total. The summed E-state index contributed by atoms with van der Waals surface area (Å²) < 4.78 is 29.8. The van der Waals surface area contributed by atoms with Crippen molar-refractivity contribution in [3.8, 4) is 11.4 Å². The second-order valence-electron chi connectivity index (χ2n) is 5.29. The van der Waals surface area contributed by atoms with E-state index in [0.29, 0.717) is 11.9 Å². The molecule has 0 unspecified atom stereocenters. The summed E-state index contributed by atoms with van der Waals surface area (Å²) in [7, 11) is 0. The van der Waals surface area contributed by atoms with Gasteiger partial charge in [-0.05, 0) is 38.4 Å². The molecule has 1 saturated heterocycles. The molecule has 0 aliphatic carbocycles. The van der Waals surface area contributed by atoms with Crippen molar-refractivity contribution in [3.63, 3.8) is 0 Å². The lowest BCUT2D eigenvalue weighted by Crippen LogP contribution is -2.36. The molecule has 0 bridgehead atoms. The standard InChI is InChI=1S/C15H17F2N3.ClH/c1-10-9-11(5-6-18-10)20-8-7-19-15(20)14-12(16)3-2-4-13(14)17;/h2-4,7-8,10-11,18H,5-6,9H2,1H3;1H/t10-,11+;/m0./s1. The first-order chi connectivity index (χ1) is 9.66. The summed E-state index contributed by atoms with van der Waals surface area (Å²) in [5.41, 5.74) is -0.0383. The van der Waals surface area contributed by atoms with Crippen LogP contribution < -0.4 is 5.32 Å². The number of nitrogens with zero attached hydrogens (tertiary/aromatic N) is 2. The third-order valence-electron chi connectivity index (χ3n) is 3.84. The molecule has 1 aliphatic rings. The van der Waals surface area contributed by atoms with Crippen LogP contribution in [0, 0.1) is 11.6 Å². The Hall–Kier alpha value is -1.46. The SMILES string of the molecule is C[C@H]1C[C@H](n2ccnc2-c2c(F)cccc2F)CCN1.Cl. The van der Waals surface area contributed by atoms with Crippen LogP contribution in [0.5, 0.6) is 0 Å². The minimum absolute atomic E-state index is 0. The Balaban J connectivity index is 0.00000161. The first-order valence-electron chi connectivity index (χ1n) is 6.87. The van der Waals surface area contributed by atoms with Gasteiger partial charge in [0.05, 0.1) is 5.56 Å². The van der Waals surface area contributed by atoms with Gasteiger partial charge in [-0.1, -0.05) is 6.07 Å². The summed E-state index contributed by atoms with van der Waals surface area (Å²) in [4.78, 5) is 4.17. The van der Waals surface area contributed by atoms with E-state index in [1.54, 1.807) is 6.20 Å². The molecule has 1 fully saturated rings. The zero-order valence-electron chi connectivity index (χ0n) is 11.7. The molecule has 1 aromatic heterocycles. The summed E-state index contributed by atoms with van der Waals surface area (Å²) in [6, 6.07) is 4.52. The smallest absolute Gasteiger partial charge is 0.146 e. The Kier molecular flexibility index (Phi) is 4.96. The van der Waals surface area contributed by atoms with Crippen molar-refractivity contribution in [3.05, 3.63) is 42.2 Å². The molecule has 2 heterocycles. The molecule has 3 rings (SSSR count). The van der Waals surface area contributed by atoms with Crippen molar-refractivity contribution in [2.75, 3.05) is 6.54 Å². The lowest BCUT2D eigenvalue weighted by molar-refractivity contribution is 0.315. The van der Waals surface area contributed by atoms with Gasteiger partial charge in [0.15, 0.2) is 0 Å². The van der Waals surface area contributed by atoms with Crippen LogP contribution in [0.2, 0.25) is 0 Å². The third kappa shape index (κ3) is 3.09. The molecule has 21 heavy (non-hydrogen) atoms. The fourth-order valence-corrected chi connectivity index (χ4v) is 2.87. The lowest BCUT2D eigenvalue weighted by atomic mass is 10.00. The minimum atomic E-state index is -0.570. The summed E-state index contributed by atoms with van der Waals surface area (Å²) in [6.45, 7) is 3.02. The zero-order valence-corrected chi connectivity index (χ0v) is 12.5. The van der Waals surface area contributed by atoms with E-state index in [1.165, 1.54) is 18.2 Å². The Morgan fingerprint density at radius 2 is 2.00 bits per heavy atom. The number of aromatic nitrogens is 2. The summed E-state index contributed by atoms with van der Waals surface area (Å²) in [6.07, 6.45) is 5.28. The van der Waals surface area contributed by atoms with Crippen LogP contribution in [0.4, 0.5) is 8.78 Å². The van der Waals surface area contributed by atoms with Gasteiger partial charge in [-0.2, -0.15) is 0 Å². The monoisotopic (exact) mass is 313 g/mol.